The number of aliphatic carboxylic acids is 2. The summed E-state index contributed by atoms with van der Waals surface area (Å²) in [6.45, 7) is 0.387. The van der Waals surface area contributed by atoms with E-state index in [2.05, 4.69) is 25.3 Å². The number of amides is 1. The van der Waals surface area contributed by atoms with Gasteiger partial charge in [0.2, 0.25) is 5.52 Å². The first kappa shape index (κ1) is 22.3. The Kier molecular flexibility index (Phi) is 6.70. The molecule has 0 aliphatic rings. The van der Waals surface area contributed by atoms with E-state index in [1.54, 1.807) is 18.3 Å². The SMILES string of the molecule is Nc1nc2[nH+]cc(C[NH2+]c3ccc(C(=O)NC(CCC(=O)O)C(=O)O)cc3)nc2c(=O)[nH]1. The molecular weight excluding hydrogens is 422 g/mol. The number of fused-ring (bicyclic) bond motifs is 1. The molecular formula is C19H21N7O6+2. The average molecular weight is 443 g/mol. The van der Waals surface area contributed by atoms with Crippen LogP contribution in [0.15, 0.2) is 35.3 Å². The van der Waals surface area contributed by atoms with Crippen LogP contribution >= 0.6 is 0 Å². The second-order valence-corrected chi connectivity index (χ2v) is 6.87. The lowest BCUT2D eigenvalue weighted by atomic mass is 10.1. The van der Waals surface area contributed by atoms with Crippen LogP contribution in [-0.2, 0) is 16.1 Å². The van der Waals surface area contributed by atoms with Crippen LogP contribution in [-0.4, -0.2) is 49.1 Å². The van der Waals surface area contributed by atoms with Crippen LogP contribution in [0.3, 0.4) is 0 Å². The third-order valence-corrected chi connectivity index (χ3v) is 4.51. The standard InChI is InChI=1S/C19H19N7O6/c20-19-25-15-14(17(30)26-19)23-11(8-22-15)7-21-10-3-1-9(2-4-10)16(29)24-12(18(31)32)5-6-13(27)28/h1-4,8,12,21H,5-7H2,(H,24,29)(H,27,28)(H,31,32)(H3,20,22,25,26,30)/p+2. The number of aromatic amines is 2. The second kappa shape index (κ2) is 9.61. The molecule has 13 nitrogen and oxygen atoms in total. The average Bonchev–Trinajstić information content (AvgIpc) is 2.75. The van der Waals surface area contributed by atoms with E-state index >= 15 is 0 Å². The van der Waals surface area contributed by atoms with Crippen LogP contribution in [0.5, 0.6) is 0 Å². The van der Waals surface area contributed by atoms with Gasteiger partial charge in [-0.25, -0.2) is 14.8 Å². The van der Waals surface area contributed by atoms with Crippen molar-refractivity contribution in [3.8, 4) is 0 Å². The number of carboxylic acids is 2. The Balaban J connectivity index is 1.62. The van der Waals surface area contributed by atoms with Gasteiger partial charge in [0.15, 0.2) is 0 Å². The molecule has 1 aromatic carbocycles. The Labute approximate surface area is 179 Å². The lowest BCUT2D eigenvalue weighted by Crippen LogP contribution is -2.76. The van der Waals surface area contributed by atoms with Gasteiger partial charge < -0.3 is 26.6 Å². The zero-order valence-corrected chi connectivity index (χ0v) is 16.7. The van der Waals surface area contributed by atoms with Crippen LogP contribution in [0.2, 0.25) is 0 Å². The first-order valence-corrected chi connectivity index (χ1v) is 9.49. The van der Waals surface area contributed by atoms with E-state index in [1.165, 1.54) is 12.1 Å². The van der Waals surface area contributed by atoms with Crippen molar-refractivity contribution >= 4 is 40.6 Å². The molecule has 0 saturated carbocycles. The van der Waals surface area contributed by atoms with Crippen molar-refractivity contribution < 1.29 is 34.9 Å². The maximum absolute atomic E-state index is 12.3. The highest BCUT2D eigenvalue weighted by atomic mass is 16.4. The largest absolute Gasteiger partial charge is 0.481 e. The number of carbonyl (C=O) groups excluding carboxylic acids is 1. The number of nitrogens with two attached hydrogens (primary N) is 2. The minimum Gasteiger partial charge on any atom is -0.481 e. The molecule has 0 bridgehead atoms. The zero-order valence-electron chi connectivity index (χ0n) is 16.7. The molecule has 1 atom stereocenters. The normalized spacial score (nSPS) is 11.8. The van der Waals surface area contributed by atoms with Gasteiger partial charge in [-0.05, 0) is 35.7 Å². The molecule has 1 amide bonds. The molecule has 0 fully saturated rings. The van der Waals surface area contributed by atoms with Crippen molar-refractivity contribution in [3.63, 3.8) is 0 Å². The monoisotopic (exact) mass is 443 g/mol. The summed E-state index contributed by atoms with van der Waals surface area (Å²) in [6.07, 6.45) is 1.01. The summed E-state index contributed by atoms with van der Waals surface area (Å²) in [5.74, 6) is -3.08. The van der Waals surface area contributed by atoms with Gasteiger partial charge in [-0.1, -0.05) is 0 Å². The minimum atomic E-state index is -1.30. The van der Waals surface area contributed by atoms with Crippen molar-refractivity contribution in [2.45, 2.75) is 25.4 Å². The van der Waals surface area contributed by atoms with Gasteiger partial charge >= 0.3 is 23.5 Å². The van der Waals surface area contributed by atoms with Crippen LogP contribution in [0.25, 0.3) is 11.2 Å². The first-order valence-electron chi connectivity index (χ1n) is 9.49. The third kappa shape index (κ3) is 5.60. The molecule has 0 aliphatic heterocycles. The van der Waals surface area contributed by atoms with E-state index in [0.717, 1.165) is 5.69 Å². The van der Waals surface area contributed by atoms with Crippen molar-refractivity contribution in [1.82, 2.24) is 20.3 Å². The Morgan fingerprint density at radius 1 is 1.19 bits per heavy atom. The number of aromatic nitrogens is 4. The molecule has 0 spiro atoms. The molecule has 2 heterocycles. The number of carbonyl (C=O) groups is 3. The lowest BCUT2D eigenvalue weighted by Gasteiger charge is -2.13. The number of H-pyrrole nitrogens is 2. The van der Waals surface area contributed by atoms with Gasteiger partial charge in [-0.15, -0.1) is 0 Å². The van der Waals surface area contributed by atoms with Crippen LogP contribution in [0, 0.1) is 0 Å². The highest BCUT2D eigenvalue weighted by Crippen LogP contribution is 2.07. The summed E-state index contributed by atoms with van der Waals surface area (Å²) in [5, 5.41) is 22.0. The second-order valence-electron chi connectivity index (χ2n) is 6.87. The van der Waals surface area contributed by atoms with Gasteiger partial charge in [0.1, 0.15) is 30.2 Å². The molecule has 2 aromatic heterocycles. The number of benzene rings is 1. The predicted molar refractivity (Wildman–Crippen MR) is 109 cm³/mol. The van der Waals surface area contributed by atoms with Gasteiger partial charge in [-0.3, -0.25) is 19.4 Å². The van der Waals surface area contributed by atoms with Crippen LogP contribution < -0.4 is 26.9 Å². The van der Waals surface area contributed by atoms with Gasteiger partial charge in [0, 0.05) is 12.0 Å². The maximum atomic E-state index is 12.3. The number of hydrogen-bond donors (Lipinski definition) is 6. The molecule has 0 radical (unpaired) electrons. The van der Waals surface area contributed by atoms with Gasteiger partial charge in [0.05, 0.1) is 0 Å². The topological polar surface area (TPSA) is 219 Å². The van der Waals surface area contributed by atoms with Gasteiger partial charge in [0.25, 0.3) is 11.5 Å². The van der Waals surface area contributed by atoms with E-state index in [1.807, 2.05) is 5.32 Å². The maximum Gasteiger partial charge on any atom is 0.356 e. The Bertz CT molecular complexity index is 1230. The lowest BCUT2D eigenvalue weighted by molar-refractivity contribution is -0.590. The molecule has 1 unspecified atom stereocenters. The summed E-state index contributed by atoms with van der Waals surface area (Å²) < 4.78 is 0. The quantitative estimate of drug-likeness (QED) is 0.204. The fourth-order valence-electron chi connectivity index (χ4n) is 2.88. The fraction of sp³-hybridized carbons (Fsp3) is 0.211. The van der Waals surface area contributed by atoms with Crippen molar-refractivity contribution in [2.24, 2.45) is 0 Å². The van der Waals surface area contributed by atoms with E-state index < -0.39 is 29.4 Å². The summed E-state index contributed by atoms with van der Waals surface area (Å²) in [5.41, 5.74) is 7.03. The highest BCUT2D eigenvalue weighted by molar-refractivity contribution is 5.96. The number of nitrogen functional groups attached to an aromatic ring is 1. The highest BCUT2D eigenvalue weighted by Gasteiger charge is 2.21. The molecule has 9 N–H and O–H groups in total. The zero-order chi connectivity index (χ0) is 23.3. The molecule has 0 saturated heterocycles. The number of anilines is 1. The fourth-order valence-corrected chi connectivity index (χ4v) is 2.88. The van der Waals surface area contributed by atoms with Crippen LogP contribution in [0.1, 0.15) is 28.9 Å². The number of hydrogen-bond acceptors (Lipinski definition) is 7. The van der Waals surface area contributed by atoms with E-state index in [9.17, 15) is 19.2 Å². The van der Waals surface area contributed by atoms with Crippen LogP contribution in [0.4, 0.5) is 11.6 Å². The van der Waals surface area contributed by atoms with Crippen molar-refractivity contribution in [1.29, 1.82) is 0 Å². The Hall–Kier alpha value is -4.39. The van der Waals surface area contributed by atoms with E-state index in [0.29, 0.717) is 12.2 Å². The summed E-state index contributed by atoms with van der Waals surface area (Å²) in [6, 6.07) is 5.08. The third-order valence-electron chi connectivity index (χ3n) is 4.51. The number of quaternary nitrogens is 1. The number of carboxylic acid groups (broad SMARTS) is 2. The van der Waals surface area contributed by atoms with Crippen molar-refractivity contribution in [3.05, 3.63) is 52.1 Å². The first-order chi connectivity index (χ1) is 15.2. The molecule has 0 aliphatic carbocycles. The molecule has 32 heavy (non-hydrogen) atoms. The summed E-state index contributed by atoms with van der Waals surface area (Å²) in [4.78, 5) is 59.6. The number of rotatable bonds is 9. The van der Waals surface area contributed by atoms with Gasteiger partial charge in [-0.2, -0.15) is 0 Å². The summed E-state index contributed by atoms with van der Waals surface area (Å²) in [7, 11) is 0. The number of nitrogens with zero attached hydrogens (tertiary/aromatic N) is 2. The molecule has 3 rings (SSSR count). The van der Waals surface area contributed by atoms with E-state index in [-0.39, 0.29) is 35.5 Å². The predicted octanol–water partition coefficient (Wildman–Crippen LogP) is -1.84. The Morgan fingerprint density at radius 2 is 1.91 bits per heavy atom. The molecule has 3 aromatic rings. The molecule has 166 valence electrons. The summed E-state index contributed by atoms with van der Waals surface area (Å²) >= 11 is 0. The molecule has 13 heteroatoms. The minimum absolute atomic E-state index is 0.0134. The van der Waals surface area contributed by atoms with E-state index in [4.69, 9.17) is 15.9 Å². The number of nitrogens with one attached hydrogen (secondary N) is 3. The smallest absolute Gasteiger partial charge is 0.356 e. The van der Waals surface area contributed by atoms with Crippen molar-refractivity contribution in [2.75, 3.05) is 5.73 Å². The Morgan fingerprint density at radius 3 is 2.56 bits per heavy atom.